The number of carbonyl (C=O) groups is 1. The van der Waals surface area contributed by atoms with Crippen molar-refractivity contribution >= 4 is 5.78 Å². The third kappa shape index (κ3) is 4.26. The summed E-state index contributed by atoms with van der Waals surface area (Å²) in [6.07, 6.45) is 4.06. The Hall–Kier alpha value is -1.15. The molecule has 0 amide bonds. The van der Waals surface area contributed by atoms with Gasteiger partial charge in [0.25, 0.3) is 0 Å². The van der Waals surface area contributed by atoms with Gasteiger partial charge in [-0.2, -0.15) is 0 Å². The second kappa shape index (κ2) is 6.36. The average Bonchev–Trinajstić information content (AvgIpc) is 2.25. The summed E-state index contributed by atoms with van der Waals surface area (Å²) in [6.45, 7) is 1.86. The van der Waals surface area contributed by atoms with E-state index in [1.54, 1.807) is 6.92 Å². The van der Waals surface area contributed by atoms with Crippen LogP contribution in [0.2, 0.25) is 0 Å². The minimum Gasteiger partial charge on any atom is -0.396 e. The molecule has 0 radical (unpaired) electrons. The Labute approximate surface area is 90.9 Å². The van der Waals surface area contributed by atoms with Gasteiger partial charge in [0.15, 0.2) is 5.78 Å². The quantitative estimate of drug-likeness (QED) is 0.574. The van der Waals surface area contributed by atoms with Crippen LogP contribution in [0.1, 0.15) is 42.1 Å². The number of aryl methyl sites for hydroxylation is 1. The molecule has 0 aliphatic heterocycles. The number of benzene rings is 1. The van der Waals surface area contributed by atoms with Crippen LogP contribution in [0.3, 0.4) is 0 Å². The molecule has 15 heavy (non-hydrogen) atoms. The van der Waals surface area contributed by atoms with Gasteiger partial charge in [-0.3, -0.25) is 4.79 Å². The third-order valence-electron chi connectivity index (χ3n) is 2.48. The van der Waals surface area contributed by atoms with Crippen molar-refractivity contribution in [2.24, 2.45) is 0 Å². The summed E-state index contributed by atoms with van der Waals surface area (Å²) in [5.74, 6) is 0.113. The predicted octanol–water partition coefficient (Wildman–Crippen LogP) is 2.59. The molecule has 0 saturated carbocycles. The summed E-state index contributed by atoms with van der Waals surface area (Å²) in [5.41, 5.74) is 2.03. The van der Waals surface area contributed by atoms with E-state index in [0.29, 0.717) is 0 Å². The van der Waals surface area contributed by atoms with Gasteiger partial charge in [-0.15, -0.1) is 0 Å². The first-order valence-corrected chi connectivity index (χ1v) is 5.45. The van der Waals surface area contributed by atoms with Crippen molar-refractivity contribution in [3.8, 4) is 0 Å². The molecular formula is C13H18O2. The van der Waals surface area contributed by atoms with Crippen LogP contribution in [-0.4, -0.2) is 17.5 Å². The van der Waals surface area contributed by atoms with E-state index in [-0.39, 0.29) is 12.4 Å². The normalized spacial score (nSPS) is 10.3. The lowest BCUT2D eigenvalue weighted by atomic mass is 10.0. The Kier molecular flexibility index (Phi) is 5.05. The molecule has 0 aliphatic carbocycles. The van der Waals surface area contributed by atoms with E-state index in [9.17, 15) is 4.79 Å². The van der Waals surface area contributed by atoms with Crippen molar-refractivity contribution in [3.63, 3.8) is 0 Å². The van der Waals surface area contributed by atoms with E-state index in [0.717, 1.165) is 31.2 Å². The number of aliphatic hydroxyl groups excluding tert-OH is 1. The van der Waals surface area contributed by atoms with Crippen molar-refractivity contribution in [1.82, 2.24) is 0 Å². The lowest BCUT2D eigenvalue weighted by molar-refractivity contribution is 0.101. The predicted molar refractivity (Wildman–Crippen MR) is 61.1 cm³/mol. The fourth-order valence-electron chi connectivity index (χ4n) is 1.52. The highest BCUT2D eigenvalue weighted by Gasteiger charge is 1.98. The van der Waals surface area contributed by atoms with Gasteiger partial charge >= 0.3 is 0 Å². The molecule has 0 unspecified atom stereocenters. The van der Waals surface area contributed by atoms with Crippen LogP contribution in [0.25, 0.3) is 0 Å². The highest BCUT2D eigenvalue weighted by atomic mass is 16.2. The van der Waals surface area contributed by atoms with Crippen molar-refractivity contribution < 1.29 is 9.90 Å². The molecule has 0 atom stereocenters. The van der Waals surface area contributed by atoms with Gasteiger partial charge in [0.2, 0.25) is 0 Å². The zero-order chi connectivity index (χ0) is 11.1. The van der Waals surface area contributed by atoms with Gasteiger partial charge in [-0.05, 0) is 31.7 Å². The summed E-state index contributed by atoms with van der Waals surface area (Å²) in [6, 6.07) is 7.78. The van der Waals surface area contributed by atoms with Crippen molar-refractivity contribution in [1.29, 1.82) is 0 Å². The van der Waals surface area contributed by atoms with E-state index >= 15 is 0 Å². The van der Waals surface area contributed by atoms with E-state index < -0.39 is 0 Å². The first kappa shape index (κ1) is 11.9. The fourth-order valence-corrected chi connectivity index (χ4v) is 1.52. The number of hydrogen-bond donors (Lipinski definition) is 1. The van der Waals surface area contributed by atoms with Gasteiger partial charge in [0, 0.05) is 12.2 Å². The SMILES string of the molecule is CC(=O)c1ccc(CCCCCO)cc1. The summed E-state index contributed by atoms with van der Waals surface area (Å²) in [7, 11) is 0. The molecular weight excluding hydrogens is 188 g/mol. The summed E-state index contributed by atoms with van der Waals surface area (Å²) >= 11 is 0. The average molecular weight is 206 g/mol. The maximum atomic E-state index is 11.0. The number of carbonyl (C=O) groups excluding carboxylic acids is 1. The number of ketones is 1. The molecule has 1 rings (SSSR count). The molecule has 1 N–H and O–H groups in total. The molecule has 0 bridgehead atoms. The van der Waals surface area contributed by atoms with Gasteiger partial charge in [0.1, 0.15) is 0 Å². The second-order valence-electron chi connectivity index (χ2n) is 3.79. The van der Waals surface area contributed by atoms with Crippen molar-refractivity contribution in [2.45, 2.75) is 32.6 Å². The number of unbranched alkanes of at least 4 members (excludes halogenated alkanes) is 2. The highest BCUT2D eigenvalue weighted by Crippen LogP contribution is 2.09. The lowest BCUT2D eigenvalue weighted by Crippen LogP contribution is -1.93. The molecule has 1 aromatic carbocycles. The monoisotopic (exact) mass is 206 g/mol. The van der Waals surface area contributed by atoms with Gasteiger partial charge in [-0.25, -0.2) is 0 Å². The van der Waals surface area contributed by atoms with Gasteiger partial charge in [-0.1, -0.05) is 30.7 Å². The van der Waals surface area contributed by atoms with Crippen molar-refractivity contribution in [2.75, 3.05) is 6.61 Å². The van der Waals surface area contributed by atoms with Crippen LogP contribution < -0.4 is 0 Å². The number of rotatable bonds is 6. The summed E-state index contributed by atoms with van der Waals surface area (Å²) < 4.78 is 0. The van der Waals surface area contributed by atoms with Gasteiger partial charge < -0.3 is 5.11 Å². The standard InChI is InChI=1S/C13H18O2/c1-11(15)13-8-6-12(7-9-13)5-3-2-4-10-14/h6-9,14H,2-5,10H2,1H3. The summed E-state index contributed by atoms with van der Waals surface area (Å²) in [4.78, 5) is 11.0. The molecule has 2 nitrogen and oxygen atoms in total. The molecule has 0 aliphatic rings. The minimum atomic E-state index is 0.113. The van der Waals surface area contributed by atoms with Crippen LogP contribution in [0.4, 0.5) is 0 Å². The number of Topliss-reactive ketones (excluding diaryl/α,β-unsaturated/α-hetero) is 1. The van der Waals surface area contributed by atoms with E-state index in [1.807, 2.05) is 24.3 Å². The van der Waals surface area contributed by atoms with Crippen LogP contribution in [0, 0.1) is 0 Å². The Bertz CT molecular complexity index is 301. The number of aliphatic hydroxyl groups is 1. The lowest BCUT2D eigenvalue weighted by Gasteiger charge is -2.02. The highest BCUT2D eigenvalue weighted by molar-refractivity contribution is 5.93. The van der Waals surface area contributed by atoms with Crippen LogP contribution in [0.5, 0.6) is 0 Å². The van der Waals surface area contributed by atoms with E-state index in [1.165, 1.54) is 5.56 Å². The zero-order valence-electron chi connectivity index (χ0n) is 9.20. The zero-order valence-corrected chi connectivity index (χ0v) is 9.20. The van der Waals surface area contributed by atoms with Gasteiger partial charge in [0.05, 0.1) is 0 Å². The summed E-state index contributed by atoms with van der Waals surface area (Å²) in [5, 5.41) is 8.62. The third-order valence-corrected chi connectivity index (χ3v) is 2.48. The molecule has 0 fully saturated rings. The largest absolute Gasteiger partial charge is 0.396 e. The molecule has 0 aromatic heterocycles. The Morgan fingerprint density at radius 1 is 1.13 bits per heavy atom. The molecule has 0 spiro atoms. The Balaban J connectivity index is 2.39. The van der Waals surface area contributed by atoms with Crippen molar-refractivity contribution in [3.05, 3.63) is 35.4 Å². The van der Waals surface area contributed by atoms with Crippen LogP contribution >= 0.6 is 0 Å². The van der Waals surface area contributed by atoms with E-state index in [4.69, 9.17) is 5.11 Å². The first-order chi connectivity index (χ1) is 7.24. The van der Waals surface area contributed by atoms with E-state index in [2.05, 4.69) is 0 Å². The minimum absolute atomic E-state index is 0.113. The van der Waals surface area contributed by atoms with Crippen LogP contribution in [0.15, 0.2) is 24.3 Å². The smallest absolute Gasteiger partial charge is 0.159 e. The first-order valence-electron chi connectivity index (χ1n) is 5.45. The molecule has 0 saturated heterocycles. The maximum absolute atomic E-state index is 11.0. The molecule has 1 aromatic rings. The fraction of sp³-hybridized carbons (Fsp3) is 0.462. The molecule has 2 heteroatoms. The Morgan fingerprint density at radius 2 is 1.80 bits per heavy atom. The Morgan fingerprint density at radius 3 is 2.33 bits per heavy atom. The maximum Gasteiger partial charge on any atom is 0.159 e. The molecule has 0 heterocycles. The second-order valence-corrected chi connectivity index (χ2v) is 3.79. The topological polar surface area (TPSA) is 37.3 Å². The van der Waals surface area contributed by atoms with Crippen LogP contribution in [-0.2, 0) is 6.42 Å². The molecule has 82 valence electrons. The number of hydrogen-bond acceptors (Lipinski definition) is 2.